The van der Waals surface area contributed by atoms with Crippen LogP contribution in [0.25, 0.3) is 0 Å². The zero-order valence-electron chi connectivity index (χ0n) is 10.5. The molecule has 1 aromatic rings. The van der Waals surface area contributed by atoms with Crippen LogP contribution in [-0.4, -0.2) is 48.3 Å². The molecule has 0 spiro atoms. The van der Waals surface area contributed by atoms with Crippen LogP contribution in [-0.2, 0) is 6.61 Å². The fourth-order valence-electron chi connectivity index (χ4n) is 2.70. The van der Waals surface area contributed by atoms with Crippen molar-refractivity contribution < 1.29 is 9.90 Å². The maximum Gasteiger partial charge on any atom is 0.317 e. The maximum absolute atomic E-state index is 11.6. The Morgan fingerprint density at radius 1 is 1.42 bits per heavy atom. The molecule has 0 saturated carbocycles. The SMILES string of the molecule is O=C1NCC2CN(c3ccc(CO)c(Br)c3)CCN12. The van der Waals surface area contributed by atoms with Crippen molar-refractivity contribution in [3.05, 3.63) is 28.2 Å². The van der Waals surface area contributed by atoms with Crippen molar-refractivity contribution in [1.82, 2.24) is 10.2 Å². The number of anilines is 1. The second kappa shape index (κ2) is 5.02. The molecule has 1 aromatic carbocycles. The van der Waals surface area contributed by atoms with Gasteiger partial charge in [0.05, 0.1) is 12.6 Å². The first-order valence-corrected chi connectivity index (χ1v) is 7.17. The van der Waals surface area contributed by atoms with Gasteiger partial charge in [0.1, 0.15) is 0 Å². The summed E-state index contributed by atoms with van der Waals surface area (Å²) in [6.45, 7) is 3.22. The van der Waals surface area contributed by atoms with Crippen molar-refractivity contribution >= 4 is 27.6 Å². The van der Waals surface area contributed by atoms with E-state index in [0.29, 0.717) is 0 Å². The van der Waals surface area contributed by atoms with E-state index < -0.39 is 0 Å². The minimum absolute atomic E-state index is 0.0374. The van der Waals surface area contributed by atoms with Crippen LogP contribution in [0.5, 0.6) is 0 Å². The second-order valence-electron chi connectivity index (χ2n) is 4.91. The summed E-state index contributed by atoms with van der Waals surface area (Å²) in [7, 11) is 0. The molecule has 0 radical (unpaired) electrons. The van der Waals surface area contributed by atoms with Crippen LogP contribution in [0.15, 0.2) is 22.7 Å². The number of aliphatic hydroxyl groups is 1. The Morgan fingerprint density at radius 3 is 3.00 bits per heavy atom. The van der Waals surface area contributed by atoms with E-state index in [2.05, 4.69) is 26.1 Å². The molecular weight excluding hydrogens is 310 g/mol. The number of hydrogen-bond acceptors (Lipinski definition) is 3. The van der Waals surface area contributed by atoms with Gasteiger partial charge in [-0.2, -0.15) is 0 Å². The average molecular weight is 326 g/mol. The first-order valence-electron chi connectivity index (χ1n) is 6.38. The molecule has 2 aliphatic rings. The van der Waals surface area contributed by atoms with Gasteiger partial charge in [0.2, 0.25) is 0 Å². The van der Waals surface area contributed by atoms with Crippen molar-refractivity contribution in [2.45, 2.75) is 12.6 Å². The van der Waals surface area contributed by atoms with Crippen LogP contribution in [0.1, 0.15) is 5.56 Å². The predicted octanol–water partition coefficient (Wildman–Crippen LogP) is 1.16. The summed E-state index contributed by atoms with van der Waals surface area (Å²) in [5.41, 5.74) is 2.02. The zero-order valence-corrected chi connectivity index (χ0v) is 12.1. The molecular formula is C13H16BrN3O2. The summed E-state index contributed by atoms with van der Waals surface area (Å²) in [5.74, 6) is 0. The van der Waals surface area contributed by atoms with E-state index in [1.165, 1.54) is 0 Å². The summed E-state index contributed by atoms with van der Waals surface area (Å²) in [5, 5.41) is 12.1. The van der Waals surface area contributed by atoms with Gasteiger partial charge in [0, 0.05) is 36.3 Å². The number of aliphatic hydroxyl groups excluding tert-OH is 1. The highest BCUT2D eigenvalue weighted by Crippen LogP contribution is 2.26. The Balaban J connectivity index is 1.77. The van der Waals surface area contributed by atoms with E-state index in [9.17, 15) is 9.90 Å². The maximum atomic E-state index is 11.6. The quantitative estimate of drug-likeness (QED) is 0.857. The monoisotopic (exact) mass is 325 g/mol. The summed E-state index contributed by atoms with van der Waals surface area (Å²) in [6.07, 6.45) is 0. The third-order valence-corrected chi connectivity index (χ3v) is 4.54. The van der Waals surface area contributed by atoms with Crippen molar-refractivity contribution in [3.8, 4) is 0 Å². The number of nitrogens with zero attached hydrogens (tertiary/aromatic N) is 2. The molecule has 1 unspecified atom stereocenters. The Morgan fingerprint density at radius 2 is 2.26 bits per heavy atom. The van der Waals surface area contributed by atoms with Crippen LogP contribution < -0.4 is 10.2 Å². The largest absolute Gasteiger partial charge is 0.392 e. The molecule has 6 heteroatoms. The number of rotatable bonds is 2. The number of carbonyl (C=O) groups is 1. The Bertz CT molecular complexity index is 509. The number of amides is 2. The number of nitrogens with one attached hydrogen (secondary N) is 1. The number of halogens is 1. The van der Waals surface area contributed by atoms with Crippen LogP contribution in [0.2, 0.25) is 0 Å². The Kier molecular flexibility index (Phi) is 3.36. The van der Waals surface area contributed by atoms with E-state index >= 15 is 0 Å². The van der Waals surface area contributed by atoms with Gasteiger partial charge in [-0.1, -0.05) is 22.0 Å². The molecule has 2 amide bonds. The number of urea groups is 1. The van der Waals surface area contributed by atoms with Gasteiger partial charge in [-0.3, -0.25) is 0 Å². The van der Waals surface area contributed by atoms with E-state index in [4.69, 9.17) is 0 Å². The van der Waals surface area contributed by atoms with Gasteiger partial charge in [-0.25, -0.2) is 4.79 Å². The molecule has 2 saturated heterocycles. The molecule has 1 atom stereocenters. The second-order valence-corrected chi connectivity index (χ2v) is 5.77. The molecule has 3 rings (SSSR count). The molecule has 2 aliphatic heterocycles. The molecule has 0 bridgehead atoms. The third-order valence-electron chi connectivity index (χ3n) is 3.80. The lowest BCUT2D eigenvalue weighted by molar-refractivity contribution is 0.197. The van der Waals surface area contributed by atoms with Gasteiger partial charge in [-0.15, -0.1) is 0 Å². The summed E-state index contributed by atoms with van der Waals surface area (Å²) in [6, 6.07) is 6.31. The Hall–Kier alpha value is -1.27. The van der Waals surface area contributed by atoms with Gasteiger partial charge in [-0.05, 0) is 17.7 Å². The van der Waals surface area contributed by atoms with E-state index in [1.807, 2.05) is 23.1 Å². The van der Waals surface area contributed by atoms with E-state index in [-0.39, 0.29) is 18.7 Å². The lowest BCUT2D eigenvalue weighted by Crippen LogP contribution is -2.52. The molecule has 102 valence electrons. The molecule has 2 N–H and O–H groups in total. The molecule has 2 fully saturated rings. The van der Waals surface area contributed by atoms with Gasteiger partial charge < -0.3 is 20.2 Å². The number of carbonyl (C=O) groups excluding carboxylic acids is 1. The molecule has 2 heterocycles. The van der Waals surface area contributed by atoms with Gasteiger partial charge in [0.25, 0.3) is 0 Å². The first-order chi connectivity index (χ1) is 9.19. The first kappa shape index (κ1) is 12.7. The summed E-state index contributed by atoms with van der Waals surface area (Å²) >= 11 is 3.48. The van der Waals surface area contributed by atoms with E-state index in [1.54, 1.807) is 0 Å². The van der Waals surface area contributed by atoms with Crippen molar-refractivity contribution in [2.24, 2.45) is 0 Å². The third kappa shape index (κ3) is 2.30. The fourth-order valence-corrected chi connectivity index (χ4v) is 3.19. The fraction of sp³-hybridized carbons (Fsp3) is 0.462. The van der Waals surface area contributed by atoms with Crippen LogP contribution >= 0.6 is 15.9 Å². The van der Waals surface area contributed by atoms with Crippen LogP contribution in [0.3, 0.4) is 0 Å². The molecule has 0 aromatic heterocycles. The number of fused-ring (bicyclic) bond motifs is 1. The molecule has 19 heavy (non-hydrogen) atoms. The van der Waals surface area contributed by atoms with Crippen LogP contribution in [0.4, 0.5) is 10.5 Å². The highest BCUT2D eigenvalue weighted by atomic mass is 79.9. The van der Waals surface area contributed by atoms with Gasteiger partial charge in [0.15, 0.2) is 0 Å². The number of benzene rings is 1. The smallest absolute Gasteiger partial charge is 0.317 e. The zero-order chi connectivity index (χ0) is 13.4. The lowest BCUT2D eigenvalue weighted by Gasteiger charge is -2.37. The normalized spacial score (nSPS) is 22.4. The topological polar surface area (TPSA) is 55.8 Å². The van der Waals surface area contributed by atoms with Crippen molar-refractivity contribution in [3.63, 3.8) is 0 Å². The van der Waals surface area contributed by atoms with Gasteiger partial charge >= 0.3 is 6.03 Å². The minimum Gasteiger partial charge on any atom is -0.392 e. The van der Waals surface area contributed by atoms with E-state index in [0.717, 1.165) is 41.9 Å². The predicted molar refractivity (Wildman–Crippen MR) is 76.2 cm³/mol. The Labute approximate surface area is 120 Å². The highest BCUT2D eigenvalue weighted by molar-refractivity contribution is 9.10. The average Bonchev–Trinajstić information content (AvgIpc) is 2.80. The molecule has 5 nitrogen and oxygen atoms in total. The number of hydrogen-bond donors (Lipinski definition) is 2. The summed E-state index contributed by atoms with van der Waals surface area (Å²) in [4.78, 5) is 15.7. The number of piperazine rings is 1. The van der Waals surface area contributed by atoms with Crippen molar-refractivity contribution in [1.29, 1.82) is 0 Å². The standard InChI is InChI=1S/C13H16BrN3O2/c14-12-5-10(2-1-9(12)8-18)16-3-4-17-11(7-16)6-15-13(17)19/h1-2,5,11,18H,3-4,6-8H2,(H,15,19). The molecule has 0 aliphatic carbocycles. The van der Waals surface area contributed by atoms with Crippen LogP contribution in [0, 0.1) is 0 Å². The minimum atomic E-state index is 0.0374. The summed E-state index contributed by atoms with van der Waals surface area (Å²) < 4.78 is 0.926. The van der Waals surface area contributed by atoms with Crippen molar-refractivity contribution in [2.75, 3.05) is 31.1 Å². The lowest BCUT2D eigenvalue weighted by atomic mass is 10.1. The highest BCUT2D eigenvalue weighted by Gasteiger charge is 2.35.